The zero-order chi connectivity index (χ0) is 13.0. The molecule has 1 heterocycles. The van der Waals surface area contributed by atoms with Crippen molar-refractivity contribution in [2.45, 2.75) is 58.0 Å². The van der Waals surface area contributed by atoms with Crippen molar-refractivity contribution in [3.63, 3.8) is 0 Å². The van der Waals surface area contributed by atoms with Crippen LogP contribution in [0, 0.1) is 0 Å². The maximum atomic E-state index is 4.59. The highest BCUT2D eigenvalue weighted by molar-refractivity contribution is 7.15. The van der Waals surface area contributed by atoms with Crippen LogP contribution in [-0.2, 0) is 0 Å². The second-order valence-electron chi connectivity index (χ2n) is 5.27. The van der Waals surface area contributed by atoms with Crippen molar-refractivity contribution < 1.29 is 0 Å². The second kappa shape index (κ2) is 6.53. The van der Waals surface area contributed by atoms with Gasteiger partial charge in [0.25, 0.3) is 0 Å². The van der Waals surface area contributed by atoms with E-state index in [-0.39, 0.29) is 0 Å². The van der Waals surface area contributed by atoms with Crippen molar-refractivity contribution in [3.8, 4) is 0 Å². The third-order valence-corrected chi connectivity index (χ3v) is 5.08. The van der Waals surface area contributed by atoms with Gasteiger partial charge in [0.2, 0.25) is 0 Å². The normalized spacial score (nSPS) is 18.2. The molecule has 0 spiro atoms. The fourth-order valence-electron chi connectivity index (χ4n) is 2.55. The molecule has 1 aromatic rings. The number of anilines is 1. The summed E-state index contributed by atoms with van der Waals surface area (Å²) in [6, 6.07) is 1.14. The van der Waals surface area contributed by atoms with Crippen molar-refractivity contribution in [1.29, 1.82) is 0 Å². The van der Waals surface area contributed by atoms with Gasteiger partial charge in [-0.15, -0.1) is 11.3 Å². The predicted octanol–water partition coefficient (Wildman–Crippen LogP) is 3.58. The standard InChI is InChI=1S/C14H25N3S/c1-4-9-15-11(2)13-10-16-14(18-13)17(3)12-7-5-6-8-12/h10-12,15H,4-9H2,1-3H3. The van der Waals surface area contributed by atoms with E-state index in [2.05, 4.69) is 36.1 Å². The van der Waals surface area contributed by atoms with Gasteiger partial charge in [-0.3, -0.25) is 0 Å². The summed E-state index contributed by atoms with van der Waals surface area (Å²) in [5.74, 6) is 0. The molecule has 102 valence electrons. The minimum Gasteiger partial charge on any atom is -0.348 e. The van der Waals surface area contributed by atoms with E-state index < -0.39 is 0 Å². The Kier molecular flexibility index (Phi) is 5.01. The van der Waals surface area contributed by atoms with Crippen molar-refractivity contribution >= 4 is 16.5 Å². The SMILES string of the molecule is CCCNC(C)c1cnc(N(C)C2CCCC2)s1. The van der Waals surface area contributed by atoms with Crippen LogP contribution in [0.3, 0.4) is 0 Å². The van der Waals surface area contributed by atoms with E-state index in [4.69, 9.17) is 0 Å². The van der Waals surface area contributed by atoms with E-state index in [1.165, 1.54) is 42.1 Å². The molecule has 1 N–H and O–H groups in total. The first-order chi connectivity index (χ1) is 8.72. The van der Waals surface area contributed by atoms with Gasteiger partial charge in [0.15, 0.2) is 5.13 Å². The molecule has 4 heteroatoms. The summed E-state index contributed by atoms with van der Waals surface area (Å²) in [5.41, 5.74) is 0. The molecule has 0 aromatic carbocycles. The Bertz CT molecular complexity index is 358. The fraction of sp³-hybridized carbons (Fsp3) is 0.786. The largest absolute Gasteiger partial charge is 0.348 e. The average Bonchev–Trinajstić information content (AvgIpc) is 3.05. The fourth-order valence-corrected chi connectivity index (χ4v) is 3.52. The zero-order valence-electron chi connectivity index (χ0n) is 11.8. The first kappa shape index (κ1) is 13.8. The number of aromatic nitrogens is 1. The van der Waals surface area contributed by atoms with E-state index in [1.54, 1.807) is 0 Å². The van der Waals surface area contributed by atoms with Crippen LogP contribution >= 0.6 is 11.3 Å². The summed E-state index contributed by atoms with van der Waals surface area (Å²) in [5, 5.41) is 4.70. The van der Waals surface area contributed by atoms with E-state index in [9.17, 15) is 0 Å². The maximum Gasteiger partial charge on any atom is 0.185 e. The molecule has 0 radical (unpaired) electrons. The topological polar surface area (TPSA) is 28.2 Å². The molecule has 1 aliphatic carbocycles. The molecule has 1 aromatic heterocycles. The van der Waals surface area contributed by atoms with Crippen LogP contribution < -0.4 is 10.2 Å². The molecular weight excluding hydrogens is 242 g/mol. The number of nitrogens with one attached hydrogen (secondary N) is 1. The number of nitrogens with zero attached hydrogens (tertiary/aromatic N) is 2. The Morgan fingerprint density at radius 1 is 1.50 bits per heavy atom. The van der Waals surface area contributed by atoms with Gasteiger partial charge in [-0.2, -0.15) is 0 Å². The molecule has 1 fully saturated rings. The summed E-state index contributed by atoms with van der Waals surface area (Å²) >= 11 is 1.84. The number of thiazole rings is 1. The lowest BCUT2D eigenvalue weighted by atomic mass is 10.2. The Morgan fingerprint density at radius 3 is 2.89 bits per heavy atom. The van der Waals surface area contributed by atoms with Gasteiger partial charge in [-0.05, 0) is 32.7 Å². The maximum absolute atomic E-state index is 4.59. The van der Waals surface area contributed by atoms with E-state index in [1.807, 2.05) is 17.5 Å². The molecule has 0 aliphatic heterocycles. The van der Waals surface area contributed by atoms with Gasteiger partial charge in [0.05, 0.1) is 0 Å². The van der Waals surface area contributed by atoms with Crippen LogP contribution in [0.15, 0.2) is 6.20 Å². The van der Waals surface area contributed by atoms with Gasteiger partial charge in [-0.25, -0.2) is 4.98 Å². The Hall–Kier alpha value is -0.610. The van der Waals surface area contributed by atoms with Crippen LogP contribution in [0.1, 0.15) is 56.9 Å². The molecule has 1 atom stereocenters. The molecule has 1 unspecified atom stereocenters. The molecule has 0 amide bonds. The average molecular weight is 267 g/mol. The summed E-state index contributed by atoms with van der Waals surface area (Å²) in [4.78, 5) is 8.33. The summed E-state index contributed by atoms with van der Waals surface area (Å²) < 4.78 is 0. The van der Waals surface area contributed by atoms with Crippen LogP contribution in [0.4, 0.5) is 5.13 Å². The third kappa shape index (κ3) is 3.23. The van der Waals surface area contributed by atoms with Gasteiger partial charge in [0, 0.05) is 30.2 Å². The van der Waals surface area contributed by atoms with E-state index >= 15 is 0 Å². The number of rotatable bonds is 6. The van der Waals surface area contributed by atoms with Crippen molar-refractivity contribution in [2.75, 3.05) is 18.5 Å². The van der Waals surface area contributed by atoms with Crippen LogP contribution in [0.2, 0.25) is 0 Å². The molecule has 0 saturated heterocycles. The highest BCUT2D eigenvalue weighted by Gasteiger charge is 2.22. The van der Waals surface area contributed by atoms with Crippen molar-refractivity contribution in [2.24, 2.45) is 0 Å². The minimum absolute atomic E-state index is 0.424. The first-order valence-electron chi connectivity index (χ1n) is 7.14. The van der Waals surface area contributed by atoms with Crippen LogP contribution in [-0.4, -0.2) is 24.6 Å². The highest BCUT2D eigenvalue weighted by Crippen LogP contribution is 2.31. The second-order valence-corrected chi connectivity index (χ2v) is 6.31. The molecule has 3 nitrogen and oxygen atoms in total. The predicted molar refractivity (Wildman–Crippen MR) is 79.5 cm³/mol. The lowest BCUT2D eigenvalue weighted by molar-refractivity contribution is 0.577. The van der Waals surface area contributed by atoms with Crippen molar-refractivity contribution in [1.82, 2.24) is 10.3 Å². The van der Waals surface area contributed by atoms with E-state index in [0.717, 1.165) is 6.54 Å². The third-order valence-electron chi connectivity index (χ3n) is 3.81. The quantitative estimate of drug-likeness (QED) is 0.854. The number of hydrogen-bond donors (Lipinski definition) is 1. The molecule has 0 bridgehead atoms. The Labute approximate surface area is 115 Å². The van der Waals surface area contributed by atoms with Gasteiger partial charge in [0.1, 0.15) is 0 Å². The monoisotopic (exact) mass is 267 g/mol. The smallest absolute Gasteiger partial charge is 0.185 e. The Balaban J connectivity index is 1.96. The summed E-state index contributed by atoms with van der Waals surface area (Å²) in [7, 11) is 2.20. The molecule has 18 heavy (non-hydrogen) atoms. The van der Waals surface area contributed by atoms with Crippen LogP contribution in [0.25, 0.3) is 0 Å². The Morgan fingerprint density at radius 2 is 2.22 bits per heavy atom. The first-order valence-corrected chi connectivity index (χ1v) is 7.96. The molecule has 1 aliphatic rings. The summed E-state index contributed by atoms with van der Waals surface area (Å²) in [6.45, 7) is 5.50. The molecule has 1 saturated carbocycles. The van der Waals surface area contributed by atoms with Crippen molar-refractivity contribution in [3.05, 3.63) is 11.1 Å². The minimum atomic E-state index is 0.424. The van der Waals surface area contributed by atoms with E-state index in [0.29, 0.717) is 12.1 Å². The lowest BCUT2D eigenvalue weighted by Gasteiger charge is -2.23. The van der Waals surface area contributed by atoms with Gasteiger partial charge >= 0.3 is 0 Å². The van der Waals surface area contributed by atoms with Gasteiger partial charge < -0.3 is 10.2 Å². The number of hydrogen-bond acceptors (Lipinski definition) is 4. The lowest BCUT2D eigenvalue weighted by Crippen LogP contribution is -2.28. The molecular formula is C14H25N3S. The zero-order valence-corrected chi connectivity index (χ0v) is 12.6. The summed E-state index contributed by atoms with van der Waals surface area (Å²) in [6.07, 6.45) is 8.63. The molecule has 2 rings (SSSR count). The highest BCUT2D eigenvalue weighted by atomic mass is 32.1. The van der Waals surface area contributed by atoms with Gasteiger partial charge in [-0.1, -0.05) is 19.8 Å². The van der Waals surface area contributed by atoms with Crippen LogP contribution in [0.5, 0.6) is 0 Å².